The molecule has 1 unspecified atom stereocenters. The van der Waals surface area contributed by atoms with E-state index in [2.05, 4.69) is 25.8 Å². The average Bonchev–Trinajstić information content (AvgIpc) is 2.08. The van der Waals surface area contributed by atoms with E-state index in [0.29, 0.717) is 0 Å². The Morgan fingerprint density at radius 2 is 2.00 bits per heavy atom. The summed E-state index contributed by atoms with van der Waals surface area (Å²) in [7, 11) is 2.09. The SMILES string of the molecule is CC(Cl)C(=O)N1CCN(C)C(C)(C)C1. The molecule has 0 spiro atoms. The van der Waals surface area contributed by atoms with Crippen molar-refractivity contribution in [3.05, 3.63) is 0 Å². The van der Waals surface area contributed by atoms with Crippen LogP contribution in [0.5, 0.6) is 0 Å². The summed E-state index contributed by atoms with van der Waals surface area (Å²) in [5.74, 6) is 0.0489. The van der Waals surface area contributed by atoms with Crippen LogP contribution in [0, 0.1) is 0 Å². The maximum atomic E-state index is 11.7. The standard InChI is InChI=1S/C10H19ClN2O/c1-8(11)9(14)13-6-5-12(4)10(2,3)7-13/h8H,5-7H2,1-4H3. The van der Waals surface area contributed by atoms with Crippen molar-refractivity contribution in [3.63, 3.8) is 0 Å². The fourth-order valence-electron chi connectivity index (χ4n) is 1.68. The lowest BCUT2D eigenvalue weighted by molar-refractivity contribution is -0.135. The summed E-state index contributed by atoms with van der Waals surface area (Å²) >= 11 is 5.79. The first-order valence-corrected chi connectivity index (χ1v) is 5.42. The number of carbonyl (C=O) groups is 1. The smallest absolute Gasteiger partial charge is 0.240 e. The van der Waals surface area contributed by atoms with Gasteiger partial charge in [-0.3, -0.25) is 9.69 Å². The van der Waals surface area contributed by atoms with Crippen molar-refractivity contribution in [1.29, 1.82) is 0 Å². The maximum absolute atomic E-state index is 11.7. The van der Waals surface area contributed by atoms with Gasteiger partial charge in [0.05, 0.1) is 0 Å². The van der Waals surface area contributed by atoms with E-state index in [4.69, 9.17) is 11.6 Å². The minimum absolute atomic E-state index is 0.0489. The van der Waals surface area contributed by atoms with Crippen LogP contribution in [0.25, 0.3) is 0 Å². The highest BCUT2D eigenvalue weighted by atomic mass is 35.5. The van der Waals surface area contributed by atoms with Crippen LogP contribution in [0.4, 0.5) is 0 Å². The van der Waals surface area contributed by atoms with Gasteiger partial charge in [-0.25, -0.2) is 0 Å². The Kier molecular flexibility index (Phi) is 3.43. The van der Waals surface area contributed by atoms with Crippen LogP contribution >= 0.6 is 11.6 Å². The van der Waals surface area contributed by atoms with Crippen LogP contribution in [-0.4, -0.2) is 53.3 Å². The summed E-state index contributed by atoms with van der Waals surface area (Å²) in [5.41, 5.74) is 0.0552. The molecular weight excluding hydrogens is 200 g/mol. The Morgan fingerprint density at radius 1 is 1.43 bits per heavy atom. The van der Waals surface area contributed by atoms with E-state index in [1.807, 2.05) is 4.90 Å². The summed E-state index contributed by atoms with van der Waals surface area (Å²) in [6.45, 7) is 8.49. The number of halogens is 1. The minimum Gasteiger partial charge on any atom is -0.338 e. The third kappa shape index (κ3) is 2.39. The molecule has 0 saturated carbocycles. The van der Waals surface area contributed by atoms with Crippen LogP contribution in [0.1, 0.15) is 20.8 Å². The summed E-state index contributed by atoms with van der Waals surface area (Å²) in [4.78, 5) is 15.8. The van der Waals surface area contributed by atoms with Crippen molar-refractivity contribution >= 4 is 17.5 Å². The molecule has 1 fully saturated rings. The molecule has 1 atom stereocenters. The summed E-state index contributed by atoms with van der Waals surface area (Å²) in [6, 6.07) is 0. The minimum atomic E-state index is -0.408. The molecule has 1 amide bonds. The molecule has 1 aliphatic rings. The van der Waals surface area contributed by atoms with E-state index in [-0.39, 0.29) is 11.4 Å². The second kappa shape index (κ2) is 4.07. The molecule has 1 heterocycles. The van der Waals surface area contributed by atoms with Gasteiger partial charge in [0.15, 0.2) is 0 Å². The highest BCUT2D eigenvalue weighted by molar-refractivity contribution is 6.30. The monoisotopic (exact) mass is 218 g/mol. The Labute approximate surface area is 91.0 Å². The van der Waals surface area contributed by atoms with E-state index in [1.54, 1.807) is 6.92 Å². The molecule has 1 saturated heterocycles. The van der Waals surface area contributed by atoms with Crippen LogP contribution in [-0.2, 0) is 4.79 Å². The van der Waals surface area contributed by atoms with Gasteiger partial charge in [0.2, 0.25) is 5.91 Å². The molecule has 0 aromatic carbocycles. The molecule has 1 aliphatic heterocycles. The number of nitrogens with zero attached hydrogens (tertiary/aromatic N) is 2. The van der Waals surface area contributed by atoms with Crippen LogP contribution in [0.2, 0.25) is 0 Å². The first kappa shape index (κ1) is 11.8. The zero-order chi connectivity index (χ0) is 10.9. The molecule has 0 radical (unpaired) electrons. The van der Waals surface area contributed by atoms with Crippen LogP contribution in [0.15, 0.2) is 0 Å². The van der Waals surface area contributed by atoms with Gasteiger partial charge >= 0.3 is 0 Å². The average molecular weight is 219 g/mol. The van der Waals surface area contributed by atoms with E-state index < -0.39 is 5.38 Å². The van der Waals surface area contributed by atoms with E-state index in [1.165, 1.54) is 0 Å². The van der Waals surface area contributed by atoms with Gasteiger partial charge in [-0.15, -0.1) is 11.6 Å². The van der Waals surface area contributed by atoms with E-state index in [9.17, 15) is 4.79 Å². The molecule has 0 aromatic heterocycles. The predicted molar refractivity (Wildman–Crippen MR) is 58.6 cm³/mol. The van der Waals surface area contributed by atoms with Crippen molar-refractivity contribution in [2.45, 2.75) is 31.7 Å². The number of likely N-dealkylation sites (N-methyl/N-ethyl adjacent to an activating group) is 1. The fraction of sp³-hybridized carbons (Fsp3) is 0.900. The van der Waals surface area contributed by atoms with E-state index in [0.717, 1.165) is 19.6 Å². The Balaban J connectivity index is 2.64. The number of hydrogen-bond donors (Lipinski definition) is 0. The first-order valence-electron chi connectivity index (χ1n) is 4.99. The van der Waals surface area contributed by atoms with E-state index >= 15 is 0 Å². The number of piperazine rings is 1. The van der Waals surface area contributed by atoms with Crippen molar-refractivity contribution in [2.75, 3.05) is 26.7 Å². The molecule has 0 N–H and O–H groups in total. The number of amides is 1. The fourth-order valence-corrected chi connectivity index (χ4v) is 1.82. The lowest BCUT2D eigenvalue weighted by Crippen LogP contribution is -2.59. The molecular formula is C10H19ClN2O. The quantitative estimate of drug-likeness (QED) is 0.617. The number of carbonyl (C=O) groups excluding carboxylic acids is 1. The van der Waals surface area contributed by atoms with Gasteiger partial charge in [-0.1, -0.05) is 0 Å². The lowest BCUT2D eigenvalue weighted by atomic mass is 9.99. The maximum Gasteiger partial charge on any atom is 0.240 e. The molecule has 1 rings (SSSR count). The Morgan fingerprint density at radius 3 is 2.43 bits per heavy atom. The second-order valence-electron chi connectivity index (χ2n) is 4.61. The molecule has 82 valence electrons. The van der Waals surface area contributed by atoms with Gasteiger partial charge in [-0.05, 0) is 27.8 Å². The predicted octanol–water partition coefficient (Wildman–Crippen LogP) is 1.17. The normalized spacial score (nSPS) is 24.8. The molecule has 0 aliphatic carbocycles. The van der Waals surface area contributed by atoms with Gasteiger partial charge in [0.25, 0.3) is 0 Å². The molecule has 14 heavy (non-hydrogen) atoms. The zero-order valence-corrected chi connectivity index (χ0v) is 10.1. The largest absolute Gasteiger partial charge is 0.338 e. The number of alkyl halides is 1. The van der Waals surface area contributed by atoms with Crippen molar-refractivity contribution in [3.8, 4) is 0 Å². The van der Waals surface area contributed by atoms with Crippen LogP contribution in [0.3, 0.4) is 0 Å². The molecule has 3 nitrogen and oxygen atoms in total. The number of rotatable bonds is 1. The topological polar surface area (TPSA) is 23.6 Å². The summed E-state index contributed by atoms with van der Waals surface area (Å²) in [6.07, 6.45) is 0. The number of hydrogen-bond acceptors (Lipinski definition) is 2. The van der Waals surface area contributed by atoms with Gasteiger partial charge < -0.3 is 4.90 Å². The van der Waals surface area contributed by atoms with Gasteiger partial charge in [0.1, 0.15) is 5.38 Å². The third-order valence-corrected chi connectivity index (χ3v) is 3.16. The molecule has 0 aromatic rings. The van der Waals surface area contributed by atoms with Crippen molar-refractivity contribution < 1.29 is 4.79 Å². The van der Waals surface area contributed by atoms with Crippen molar-refractivity contribution in [1.82, 2.24) is 9.80 Å². The highest BCUT2D eigenvalue weighted by Crippen LogP contribution is 2.19. The highest BCUT2D eigenvalue weighted by Gasteiger charge is 2.33. The zero-order valence-electron chi connectivity index (χ0n) is 9.38. The first-order chi connectivity index (χ1) is 6.34. The lowest BCUT2D eigenvalue weighted by Gasteiger charge is -2.45. The summed E-state index contributed by atoms with van der Waals surface area (Å²) in [5, 5.41) is -0.408. The second-order valence-corrected chi connectivity index (χ2v) is 5.26. The molecule has 4 heteroatoms. The van der Waals surface area contributed by atoms with Gasteiger partial charge in [-0.2, -0.15) is 0 Å². The van der Waals surface area contributed by atoms with Crippen LogP contribution < -0.4 is 0 Å². The van der Waals surface area contributed by atoms with Crippen molar-refractivity contribution in [2.24, 2.45) is 0 Å². The van der Waals surface area contributed by atoms with Gasteiger partial charge in [0, 0.05) is 25.2 Å². The summed E-state index contributed by atoms with van der Waals surface area (Å²) < 4.78 is 0. The molecule has 0 bridgehead atoms. The Hall–Kier alpha value is -0.280. The third-order valence-electron chi connectivity index (χ3n) is 2.97. The Bertz CT molecular complexity index is 228.